The van der Waals surface area contributed by atoms with Crippen molar-refractivity contribution in [3.05, 3.63) is 131 Å². The molecule has 0 saturated heterocycles. The lowest BCUT2D eigenvalue weighted by molar-refractivity contribution is 0.305. The average molecular weight is 456 g/mol. The molecular formula is C31H25N3O. The van der Waals surface area contributed by atoms with Gasteiger partial charge < -0.3 is 4.74 Å². The number of hydrogen-bond donors (Lipinski definition) is 0. The molecular weight excluding hydrogens is 430 g/mol. The standard InChI is InChI=1S/C31H25N3O/c1-23-12-16-26(17-13-23)30-20-31(34(33-30)28-10-4-3-5-11-28)32-21-25-14-18-29(19-15-25)35-22-27-9-7-6-8-24(27)2/h3-14,16-18,20-21H,22H2,1-2H3. The Morgan fingerprint density at radius 2 is 1.63 bits per heavy atom. The van der Waals surface area contributed by atoms with Crippen LogP contribution in [-0.2, 0) is 6.61 Å². The summed E-state index contributed by atoms with van der Waals surface area (Å²) >= 11 is 0. The molecule has 1 aromatic heterocycles. The topological polar surface area (TPSA) is 39.4 Å². The molecule has 0 unspecified atom stereocenters. The molecule has 0 amide bonds. The Hall–Kier alpha value is -4.62. The summed E-state index contributed by atoms with van der Waals surface area (Å²) < 4.78 is 7.74. The molecule has 0 aliphatic heterocycles. The van der Waals surface area contributed by atoms with Crippen LogP contribution in [0.1, 0.15) is 22.3 Å². The molecule has 170 valence electrons. The Bertz CT molecular complexity index is 1430. The fourth-order valence-electron chi connectivity index (χ4n) is 3.69. The van der Waals surface area contributed by atoms with Crippen LogP contribution >= 0.6 is 0 Å². The number of aryl methyl sites for hydroxylation is 2. The van der Waals surface area contributed by atoms with Gasteiger partial charge in [-0.2, -0.15) is 5.10 Å². The van der Waals surface area contributed by atoms with E-state index in [4.69, 9.17) is 14.8 Å². The number of nitrogens with zero attached hydrogens (tertiary/aromatic N) is 3. The first kappa shape index (κ1) is 22.2. The van der Waals surface area contributed by atoms with Gasteiger partial charge in [0.25, 0.3) is 0 Å². The Kier molecular flexibility index (Phi) is 6.41. The number of ether oxygens (including phenoxy) is 1. The molecule has 0 bridgehead atoms. The van der Waals surface area contributed by atoms with Crippen LogP contribution in [0.4, 0.5) is 5.82 Å². The highest BCUT2D eigenvalue weighted by molar-refractivity contribution is 5.81. The highest BCUT2D eigenvalue weighted by Gasteiger charge is 2.10. The van der Waals surface area contributed by atoms with Gasteiger partial charge in [-0.25, -0.2) is 9.67 Å². The fourth-order valence-corrected chi connectivity index (χ4v) is 3.69. The van der Waals surface area contributed by atoms with Crippen molar-refractivity contribution in [1.29, 1.82) is 0 Å². The van der Waals surface area contributed by atoms with Gasteiger partial charge in [-0.1, -0.05) is 78.4 Å². The van der Waals surface area contributed by atoms with Crippen LogP contribution in [-0.4, -0.2) is 16.0 Å². The monoisotopic (exact) mass is 455 g/mol. The number of hydrogen-bond acceptors (Lipinski definition) is 3. The van der Waals surface area contributed by atoms with Crippen molar-refractivity contribution >= 4 is 12.0 Å². The Balaban J connectivity index is 1.36. The number of benzene rings is 3. The quantitative estimate of drug-likeness (QED) is 0.246. The van der Waals surface area contributed by atoms with E-state index in [-0.39, 0.29) is 0 Å². The SMILES string of the molecule is Cc1ccc(-c2cc(N=Cc3c#cc(OCc4ccccc4C)cc3)n(-c3ccccc3)n2)cc1. The maximum Gasteiger partial charge on any atom is 0.170 e. The summed E-state index contributed by atoms with van der Waals surface area (Å²) in [5, 5.41) is 4.83. The minimum atomic E-state index is 0.502. The van der Waals surface area contributed by atoms with Crippen molar-refractivity contribution in [2.24, 2.45) is 4.99 Å². The molecule has 4 nitrogen and oxygen atoms in total. The van der Waals surface area contributed by atoms with Gasteiger partial charge in [0, 0.05) is 23.4 Å². The lowest BCUT2D eigenvalue weighted by Crippen LogP contribution is -1.97. The van der Waals surface area contributed by atoms with E-state index in [1.807, 2.05) is 65.3 Å². The molecule has 0 atom stereocenters. The number of aliphatic imine (C=N–C) groups is 1. The smallest absolute Gasteiger partial charge is 0.170 e. The van der Waals surface area contributed by atoms with Crippen molar-refractivity contribution in [3.63, 3.8) is 0 Å². The van der Waals surface area contributed by atoms with Gasteiger partial charge in [0.05, 0.1) is 11.4 Å². The summed E-state index contributed by atoms with van der Waals surface area (Å²) in [6, 6.07) is 38.6. The summed E-state index contributed by atoms with van der Waals surface area (Å²) in [6.07, 6.45) is 1.77. The molecule has 0 spiro atoms. The summed E-state index contributed by atoms with van der Waals surface area (Å²) in [4.78, 5) is 4.73. The van der Waals surface area contributed by atoms with Gasteiger partial charge in [0.15, 0.2) is 11.6 Å². The molecule has 0 fully saturated rings. The third-order valence-corrected chi connectivity index (χ3v) is 5.76. The first-order valence-electron chi connectivity index (χ1n) is 11.5. The third-order valence-electron chi connectivity index (χ3n) is 5.76. The van der Waals surface area contributed by atoms with Crippen LogP contribution in [0, 0.1) is 26.0 Å². The Labute approximate surface area is 206 Å². The molecule has 0 radical (unpaired) electrons. The van der Waals surface area contributed by atoms with E-state index < -0.39 is 0 Å². The minimum absolute atomic E-state index is 0.502. The third kappa shape index (κ3) is 5.31. The van der Waals surface area contributed by atoms with Crippen LogP contribution < -0.4 is 4.74 Å². The van der Waals surface area contributed by atoms with Gasteiger partial charge >= 0.3 is 0 Å². The highest BCUT2D eigenvalue weighted by Crippen LogP contribution is 2.27. The fraction of sp³-hybridized carbons (Fsp3) is 0.0968. The predicted octanol–water partition coefficient (Wildman–Crippen LogP) is 7.09. The van der Waals surface area contributed by atoms with Crippen molar-refractivity contribution in [2.75, 3.05) is 0 Å². The molecule has 0 saturated carbocycles. The molecule has 5 rings (SSSR count). The van der Waals surface area contributed by atoms with E-state index in [1.54, 1.807) is 6.21 Å². The Morgan fingerprint density at radius 1 is 0.857 bits per heavy atom. The number of aromatic nitrogens is 2. The largest absolute Gasteiger partial charge is 0.481 e. The maximum absolute atomic E-state index is 5.88. The average Bonchev–Trinajstić information content (AvgIpc) is 3.33. The zero-order chi connectivity index (χ0) is 24.0. The molecule has 1 heterocycles. The van der Waals surface area contributed by atoms with Crippen LogP contribution in [0.15, 0.2) is 102 Å². The molecule has 0 aliphatic rings. The van der Waals surface area contributed by atoms with E-state index in [1.165, 1.54) is 11.1 Å². The van der Waals surface area contributed by atoms with E-state index in [0.29, 0.717) is 12.4 Å². The van der Waals surface area contributed by atoms with E-state index in [9.17, 15) is 0 Å². The van der Waals surface area contributed by atoms with Crippen molar-refractivity contribution in [3.8, 4) is 22.7 Å². The maximum atomic E-state index is 5.88. The summed E-state index contributed by atoms with van der Waals surface area (Å²) in [5.74, 6) is 1.39. The lowest BCUT2D eigenvalue weighted by atomic mass is 10.1. The zero-order valence-electron chi connectivity index (χ0n) is 19.8. The molecule has 4 heteroatoms. The van der Waals surface area contributed by atoms with E-state index in [0.717, 1.165) is 33.9 Å². The second-order valence-electron chi connectivity index (χ2n) is 8.38. The van der Waals surface area contributed by atoms with E-state index >= 15 is 0 Å². The number of para-hydroxylation sites is 1. The van der Waals surface area contributed by atoms with Crippen molar-refractivity contribution < 1.29 is 4.74 Å². The van der Waals surface area contributed by atoms with Crippen LogP contribution in [0.25, 0.3) is 16.9 Å². The normalized spacial score (nSPS) is 10.9. The first-order valence-corrected chi connectivity index (χ1v) is 11.5. The molecule has 0 aliphatic carbocycles. The second-order valence-corrected chi connectivity index (χ2v) is 8.38. The van der Waals surface area contributed by atoms with E-state index in [2.05, 4.69) is 62.4 Å². The zero-order valence-corrected chi connectivity index (χ0v) is 19.8. The summed E-state index contributed by atoms with van der Waals surface area (Å²) in [7, 11) is 0. The minimum Gasteiger partial charge on any atom is -0.481 e. The van der Waals surface area contributed by atoms with Crippen LogP contribution in [0.2, 0.25) is 0 Å². The van der Waals surface area contributed by atoms with Gasteiger partial charge in [-0.05, 0) is 55.3 Å². The number of rotatable bonds is 7. The molecule has 4 aromatic carbocycles. The highest BCUT2D eigenvalue weighted by atomic mass is 16.5. The van der Waals surface area contributed by atoms with Gasteiger partial charge in [-0.15, -0.1) is 0 Å². The second kappa shape index (κ2) is 10.1. The molecule has 35 heavy (non-hydrogen) atoms. The van der Waals surface area contributed by atoms with Gasteiger partial charge in [0.2, 0.25) is 0 Å². The van der Waals surface area contributed by atoms with Gasteiger partial charge in [-0.3, -0.25) is 0 Å². The van der Waals surface area contributed by atoms with Crippen molar-refractivity contribution in [2.45, 2.75) is 20.5 Å². The van der Waals surface area contributed by atoms with Crippen LogP contribution in [0.3, 0.4) is 0 Å². The van der Waals surface area contributed by atoms with Gasteiger partial charge in [0.1, 0.15) is 6.61 Å². The molecule has 0 N–H and O–H groups in total. The van der Waals surface area contributed by atoms with Crippen LogP contribution in [0.5, 0.6) is 5.75 Å². The predicted molar refractivity (Wildman–Crippen MR) is 141 cm³/mol. The Morgan fingerprint density at radius 3 is 2.37 bits per heavy atom. The summed E-state index contributed by atoms with van der Waals surface area (Å²) in [5.41, 5.74) is 7.27. The first-order chi connectivity index (χ1) is 17.2. The molecule has 5 aromatic rings. The van der Waals surface area contributed by atoms with Crippen molar-refractivity contribution in [1.82, 2.24) is 9.78 Å². The lowest BCUT2D eigenvalue weighted by Gasteiger charge is -2.06. The summed E-state index contributed by atoms with van der Waals surface area (Å²) in [6.45, 7) is 4.66.